The van der Waals surface area contributed by atoms with E-state index >= 15 is 0 Å². The lowest BCUT2D eigenvalue weighted by Gasteiger charge is -2.13. The number of pyridine rings is 1. The Balaban J connectivity index is 1.86. The molecular weight excluding hydrogens is 518 g/mol. The van der Waals surface area contributed by atoms with Crippen molar-refractivity contribution in [3.05, 3.63) is 82.1 Å². The lowest BCUT2D eigenvalue weighted by molar-refractivity contribution is 0.0794. The molecule has 3 aromatic rings. The number of para-hydroxylation sites is 1. The molecule has 1 heterocycles. The molecule has 0 unspecified atom stereocenters. The molecule has 142 valence electrons. The van der Waals surface area contributed by atoms with Crippen LogP contribution in [-0.2, 0) is 3.07 Å². The van der Waals surface area contributed by atoms with E-state index in [-0.39, 0.29) is 27.1 Å². The summed E-state index contributed by atoms with van der Waals surface area (Å²) in [6.45, 7) is 0. The number of nitrogens with one attached hydrogen (secondary N) is 1. The molecule has 2 aromatic carbocycles. The van der Waals surface area contributed by atoms with Crippen molar-refractivity contribution in [3.63, 3.8) is 0 Å². The maximum absolute atomic E-state index is 12.8. The lowest BCUT2D eigenvalue weighted by Crippen LogP contribution is -2.14. The Hall–Kier alpha value is -2.36. The van der Waals surface area contributed by atoms with E-state index in [9.17, 15) is 9.59 Å². The largest absolute Gasteiger partial charge is 0.456 e. The van der Waals surface area contributed by atoms with E-state index in [1.807, 2.05) is 6.07 Å². The molecule has 1 amide bonds. The first-order valence-corrected chi connectivity index (χ1v) is 9.44. The molecule has 0 aliphatic carbocycles. The summed E-state index contributed by atoms with van der Waals surface area (Å²) < 4.78 is 10.3. The highest BCUT2D eigenvalue weighted by atomic mass is 127. The summed E-state index contributed by atoms with van der Waals surface area (Å²) in [6, 6.07) is 14.8. The summed E-state index contributed by atoms with van der Waals surface area (Å²) >= 11 is 13.6. The van der Waals surface area contributed by atoms with Gasteiger partial charge in [-0.15, -0.1) is 0 Å². The molecule has 0 saturated carbocycles. The van der Waals surface area contributed by atoms with E-state index in [2.05, 4.69) is 13.4 Å². The Labute approximate surface area is 184 Å². The number of carbonyl (C=O) groups is 2. The topological polar surface area (TPSA) is 77.5 Å². The molecule has 0 spiro atoms. The number of rotatable bonds is 5. The first-order chi connectivity index (χ1) is 13.5. The Morgan fingerprint density at radius 3 is 2.36 bits per heavy atom. The van der Waals surface area contributed by atoms with Gasteiger partial charge in [-0.25, -0.2) is 9.78 Å². The second kappa shape index (κ2) is 9.22. The molecule has 0 saturated heterocycles. The zero-order valence-electron chi connectivity index (χ0n) is 14.0. The molecule has 1 N–H and O–H groups in total. The molecule has 0 radical (unpaired) electrons. The Kier molecular flexibility index (Phi) is 6.71. The number of amides is 1. The fourth-order valence-corrected chi connectivity index (χ4v) is 2.78. The summed E-state index contributed by atoms with van der Waals surface area (Å²) in [5.74, 6) is -0.272. The van der Waals surface area contributed by atoms with Crippen molar-refractivity contribution in [2.75, 3.05) is 5.32 Å². The first-order valence-electron chi connectivity index (χ1n) is 7.80. The van der Waals surface area contributed by atoms with Gasteiger partial charge in [0.2, 0.25) is 0 Å². The van der Waals surface area contributed by atoms with Gasteiger partial charge in [-0.05, 0) is 30.3 Å². The van der Waals surface area contributed by atoms with Crippen LogP contribution in [0.15, 0.2) is 60.8 Å². The summed E-state index contributed by atoms with van der Waals surface area (Å²) in [6.07, 6.45) is 1.34. The monoisotopic (exact) mass is 528 g/mol. The van der Waals surface area contributed by atoms with Crippen LogP contribution in [0.1, 0.15) is 20.8 Å². The van der Waals surface area contributed by atoms with Crippen LogP contribution in [0.3, 0.4) is 0 Å². The second-order valence-electron chi connectivity index (χ2n) is 5.43. The quantitative estimate of drug-likeness (QED) is 0.415. The van der Waals surface area contributed by atoms with Crippen molar-refractivity contribution in [1.82, 2.24) is 4.98 Å². The van der Waals surface area contributed by atoms with E-state index in [0.717, 1.165) is 0 Å². The van der Waals surface area contributed by atoms with Crippen molar-refractivity contribution in [3.8, 4) is 11.5 Å². The van der Waals surface area contributed by atoms with Crippen LogP contribution in [0, 0.1) is 0 Å². The summed E-state index contributed by atoms with van der Waals surface area (Å²) in [7, 11) is 0. The van der Waals surface area contributed by atoms with Crippen LogP contribution in [0.5, 0.6) is 11.5 Å². The Morgan fingerprint density at radius 1 is 1.00 bits per heavy atom. The molecule has 9 heteroatoms. The van der Waals surface area contributed by atoms with Gasteiger partial charge in [0.1, 0.15) is 17.2 Å². The average molecular weight is 529 g/mol. The fraction of sp³-hybridized carbons (Fsp3) is 0. The summed E-state index contributed by atoms with van der Waals surface area (Å²) in [5, 5.41) is 3.15. The molecule has 1 aromatic heterocycles. The fourth-order valence-electron chi connectivity index (χ4n) is 2.23. The lowest BCUT2D eigenvalue weighted by atomic mass is 10.1. The van der Waals surface area contributed by atoms with Gasteiger partial charge in [0, 0.05) is 6.07 Å². The maximum Gasteiger partial charge on any atom is 0.366 e. The first kappa shape index (κ1) is 20.4. The zero-order chi connectivity index (χ0) is 20.1. The van der Waals surface area contributed by atoms with Crippen LogP contribution in [0.25, 0.3) is 0 Å². The average Bonchev–Trinajstić information content (AvgIpc) is 2.71. The van der Waals surface area contributed by atoms with Crippen molar-refractivity contribution < 1.29 is 17.4 Å². The minimum atomic E-state index is -0.582. The minimum Gasteiger partial charge on any atom is -0.456 e. The van der Waals surface area contributed by atoms with E-state index in [4.69, 9.17) is 27.9 Å². The Bertz CT molecular complexity index is 1010. The van der Waals surface area contributed by atoms with Crippen LogP contribution in [0.2, 0.25) is 10.0 Å². The van der Waals surface area contributed by atoms with Crippen molar-refractivity contribution in [1.29, 1.82) is 0 Å². The van der Waals surface area contributed by atoms with Gasteiger partial charge in [-0.1, -0.05) is 41.4 Å². The summed E-state index contributed by atoms with van der Waals surface area (Å²) in [5.41, 5.74) is 0.691. The highest BCUT2D eigenvalue weighted by Crippen LogP contribution is 2.34. The number of hydrogen-bond donors (Lipinski definition) is 1. The molecule has 0 aliphatic rings. The van der Waals surface area contributed by atoms with E-state index in [0.29, 0.717) is 11.4 Å². The third kappa shape index (κ3) is 4.92. The number of anilines is 1. The van der Waals surface area contributed by atoms with Gasteiger partial charge >= 0.3 is 5.97 Å². The standard InChI is InChI=1S/C19H11Cl2IN2O4/c20-14-8-13(17(9-15(14)21)27-12-4-2-1-3-5-12)18(25)24-11-6-7-16(23-10-11)19(26)28-22/h1-10H,(H,24,25). The minimum absolute atomic E-state index is 0.120. The molecule has 6 nitrogen and oxygen atoms in total. The number of ether oxygens (including phenoxy) is 1. The van der Waals surface area contributed by atoms with Crippen molar-refractivity contribution >= 4 is 63.8 Å². The number of carbonyl (C=O) groups excluding carboxylic acids is 2. The number of hydrogen-bond acceptors (Lipinski definition) is 5. The third-order valence-electron chi connectivity index (χ3n) is 3.54. The predicted molar refractivity (Wildman–Crippen MR) is 115 cm³/mol. The van der Waals surface area contributed by atoms with Gasteiger partial charge in [0.05, 0.1) is 27.5 Å². The smallest absolute Gasteiger partial charge is 0.366 e. The van der Waals surface area contributed by atoms with Gasteiger partial charge in [0.15, 0.2) is 23.0 Å². The predicted octanol–water partition coefficient (Wildman–Crippen LogP) is 5.94. The van der Waals surface area contributed by atoms with Crippen LogP contribution >= 0.6 is 46.2 Å². The number of nitrogens with zero attached hydrogens (tertiary/aromatic N) is 1. The summed E-state index contributed by atoms with van der Waals surface area (Å²) in [4.78, 5) is 28.1. The molecule has 0 bridgehead atoms. The molecule has 0 aliphatic heterocycles. The molecule has 0 fully saturated rings. The van der Waals surface area contributed by atoms with Crippen molar-refractivity contribution in [2.45, 2.75) is 0 Å². The highest BCUT2D eigenvalue weighted by molar-refractivity contribution is 14.1. The van der Waals surface area contributed by atoms with Crippen molar-refractivity contribution in [2.24, 2.45) is 0 Å². The Morgan fingerprint density at radius 2 is 1.71 bits per heavy atom. The number of aromatic nitrogens is 1. The van der Waals surface area contributed by atoms with Gasteiger partial charge < -0.3 is 13.1 Å². The van der Waals surface area contributed by atoms with E-state index in [1.54, 1.807) is 24.3 Å². The van der Waals surface area contributed by atoms with Crippen LogP contribution in [-0.4, -0.2) is 16.9 Å². The van der Waals surface area contributed by atoms with Crippen LogP contribution < -0.4 is 10.1 Å². The number of benzene rings is 2. The normalized spacial score (nSPS) is 10.2. The molecule has 28 heavy (non-hydrogen) atoms. The van der Waals surface area contributed by atoms with E-state index < -0.39 is 11.9 Å². The SMILES string of the molecule is O=C(OI)c1ccc(NC(=O)c2cc(Cl)c(Cl)cc2Oc2ccccc2)cn1. The maximum atomic E-state index is 12.8. The molecular formula is C19H11Cl2IN2O4. The second-order valence-corrected chi connectivity index (χ2v) is 6.68. The molecule has 3 rings (SSSR count). The third-order valence-corrected chi connectivity index (χ3v) is 4.66. The van der Waals surface area contributed by atoms with Gasteiger partial charge in [-0.3, -0.25) is 4.79 Å². The van der Waals surface area contributed by atoms with E-state index in [1.165, 1.54) is 53.5 Å². The number of halogens is 3. The molecule has 0 atom stereocenters. The highest BCUT2D eigenvalue weighted by Gasteiger charge is 2.17. The van der Waals surface area contributed by atoms with Crippen LogP contribution in [0.4, 0.5) is 5.69 Å². The van der Waals surface area contributed by atoms with Gasteiger partial charge in [0.25, 0.3) is 5.91 Å². The van der Waals surface area contributed by atoms with Gasteiger partial charge in [-0.2, -0.15) is 0 Å². The zero-order valence-corrected chi connectivity index (χ0v) is 17.7.